The van der Waals surface area contributed by atoms with Crippen LogP contribution < -0.4 is 14.8 Å². The van der Waals surface area contributed by atoms with Gasteiger partial charge in [-0.15, -0.1) is 0 Å². The maximum Gasteiger partial charge on any atom is 0.240 e. The fourth-order valence-electron chi connectivity index (χ4n) is 2.60. The number of carbonyl (C=O) groups excluding carboxylic acids is 1. The molecule has 0 aromatic heterocycles. The molecule has 0 radical (unpaired) electrons. The second-order valence-electron chi connectivity index (χ2n) is 6.40. The summed E-state index contributed by atoms with van der Waals surface area (Å²) in [6.45, 7) is 0. The Hall–Kier alpha value is -2.45. The summed E-state index contributed by atoms with van der Waals surface area (Å²) in [5.74, 6) is -0.372. The van der Waals surface area contributed by atoms with Crippen LogP contribution in [0.15, 0.2) is 47.4 Å². The van der Waals surface area contributed by atoms with Crippen molar-refractivity contribution in [2.45, 2.75) is 36.6 Å². The van der Waals surface area contributed by atoms with Gasteiger partial charge in [-0.2, -0.15) is 0 Å². The summed E-state index contributed by atoms with van der Waals surface area (Å²) < 4.78 is 46.2. The number of hydrogen-bond acceptors (Lipinski definition) is 4. The maximum absolute atomic E-state index is 13.7. The summed E-state index contributed by atoms with van der Waals surface area (Å²) >= 11 is 0. The Labute approximate surface area is 157 Å². The number of sulfonamides is 1. The number of amides is 1. The summed E-state index contributed by atoms with van der Waals surface area (Å²) in [7, 11) is -2.22. The van der Waals surface area contributed by atoms with Gasteiger partial charge in [0.25, 0.3) is 0 Å². The maximum atomic E-state index is 13.7. The average molecular weight is 392 g/mol. The fourth-order valence-corrected chi connectivity index (χ4v) is 3.93. The highest BCUT2D eigenvalue weighted by Gasteiger charge is 2.28. The Balaban J connectivity index is 1.71. The number of ether oxygens (including phenoxy) is 1. The number of benzene rings is 2. The lowest BCUT2D eigenvalue weighted by Crippen LogP contribution is -2.26. The molecular weight excluding hydrogens is 371 g/mol. The predicted molar refractivity (Wildman–Crippen MR) is 99.7 cm³/mol. The molecule has 27 heavy (non-hydrogen) atoms. The molecule has 2 aromatic carbocycles. The lowest BCUT2D eigenvalue weighted by Gasteiger charge is -2.13. The van der Waals surface area contributed by atoms with E-state index in [1.165, 1.54) is 31.4 Å². The average Bonchev–Trinajstić information content (AvgIpc) is 3.44. The van der Waals surface area contributed by atoms with Crippen LogP contribution in [0.1, 0.15) is 24.8 Å². The molecule has 0 atom stereocenters. The molecule has 1 fully saturated rings. The van der Waals surface area contributed by atoms with Crippen LogP contribution >= 0.6 is 0 Å². The molecule has 6 nitrogen and oxygen atoms in total. The standard InChI is InChI=1S/C19H21FN2O4S/c1-26-18-10-9-15(27(24,25)22-14-7-8-14)12-17(18)21-19(23)11-6-13-4-2-3-5-16(13)20/h2-5,9-10,12,14,22H,6-8,11H2,1H3,(H,21,23). The van der Waals surface area contributed by atoms with Gasteiger partial charge in [0.15, 0.2) is 0 Å². The first kappa shape index (κ1) is 19.3. The molecule has 0 saturated heterocycles. The highest BCUT2D eigenvalue weighted by Crippen LogP contribution is 2.29. The first-order valence-electron chi connectivity index (χ1n) is 8.62. The molecule has 0 unspecified atom stereocenters. The lowest BCUT2D eigenvalue weighted by atomic mass is 10.1. The summed E-state index contributed by atoms with van der Waals surface area (Å²) in [5.41, 5.74) is 0.708. The summed E-state index contributed by atoms with van der Waals surface area (Å²) in [5, 5.41) is 2.65. The van der Waals surface area contributed by atoms with Crippen molar-refractivity contribution in [2.75, 3.05) is 12.4 Å². The summed E-state index contributed by atoms with van der Waals surface area (Å²) in [4.78, 5) is 12.3. The molecule has 2 aromatic rings. The van der Waals surface area contributed by atoms with E-state index in [0.29, 0.717) is 11.3 Å². The van der Waals surface area contributed by atoms with E-state index in [4.69, 9.17) is 4.74 Å². The first-order valence-corrected chi connectivity index (χ1v) is 10.1. The van der Waals surface area contributed by atoms with Gasteiger partial charge in [-0.25, -0.2) is 17.5 Å². The van der Waals surface area contributed by atoms with Crippen molar-refractivity contribution in [1.82, 2.24) is 4.72 Å². The predicted octanol–water partition coefficient (Wildman–Crippen LogP) is 2.85. The summed E-state index contributed by atoms with van der Waals surface area (Å²) in [6.07, 6.45) is 1.95. The largest absolute Gasteiger partial charge is 0.495 e. The number of aryl methyl sites for hydroxylation is 1. The zero-order valence-electron chi connectivity index (χ0n) is 14.9. The van der Waals surface area contributed by atoms with E-state index >= 15 is 0 Å². The van der Waals surface area contributed by atoms with Crippen LogP contribution in [0.5, 0.6) is 5.75 Å². The molecule has 0 heterocycles. The van der Waals surface area contributed by atoms with E-state index < -0.39 is 10.0 Å². The van der Waals surface area contributed by atoms with E-state index in [9.17, 15) is 17.6 Å². The highest BCUT2D eigenvalue weighted by molar-refractivity contribution is 7.89. The number of carbonyl (C=O) groups is 1. The number of halogens is 1. The van der Waals surface area contributed by atoms with Crippen molar-refractivity contribution in [3.05, 3.63) is 53.8 Å². The quantitative estimate of drug-likeness (QED) is 0.724. The van der Waals surface area contributed by atoms with Gasteiger partial charge in [0.2, 0.25) is 15.9 Å². The van der Waals surface area contributed by atoms with Gasteiger partial charge in [-0.1, -0.05) is 18.2 Å². The molecule has 2 N–H and O–H groups in total. The third kappa shape index (κ3) is 5.05. The Kier molecular flexibility index (Phi) is 5.76. The van der Waals surface area contributed by atoms with Crippen LogP contribution in [0, 0.1) is 5.82 Å². The van der Waals surface area contributed by atoms with Crippen LogP contribution in [0.25, 0.3) is 0 Å². The normalized spacial score (nSPS) is 14.0. The van der Waals surface area contributed by atoms with Crippen molar-refractivity contribution in [3.63, 3.8) is 0 Å². The molecule has 8 heteroatoms. The van der Waals surface area contributed by atoms with Gasteiger partial charge in [-0.3, -0.25) is 4.79 Å². The minimum atomic E-state index is -3.65. The van der Waals surface area contributed by atoms with Crippen LogP contribution in [0.4, 0.5) is 10.1 Å². The van der Waals surface area contributed by atoms with Crippen molar-refractivity contribution >= 4 is 21.6 Å². The fraction of sp³-hybridized carbons (Fsp3) is 0.316. The van der Waals surface area contributed by atoms with Crippen molar-refractivity contribution < 1.29 is 22.3 Å². The van der Waals surface area contributed by atoms with Crippen LogP contribution in [-0.4, -0.2) is 27.5 Å². The molecule has 1 amide bonds. The van der Waals surface area contributed by atoms with Crippen LogP contribution in [0.2, 0.25) is 0 Å². The van der Waals surface area contributed by atoms with E-state index in [2.05, 4.69) is 10.0 Å². The second kappa shape index (κ2) is 8.06. The molecule has 0 bridgehead atoms. The minimum Gasteiger partial charge on any atom is -0.495 e. The van der Waals surface area contributed by atoms with Crippen molar-refractivity contribution in [2.24, 2.45) is 0 Å². The van der Waals surface area contributed by atoms with Crippen LogP contribution in [-0.2, 0) is 21.2 Å². The van der Waals surface area contributed by atoms with Gasteiger partial charge in [0, 0.05) is 12.5 Å². The third-order valence-corrected chi connectivity index (χ3v) is 5.75. The van der Waals surface area contributed by atoms with E-state index in [-0.39, 0.29) is 41.2 Å². The van der Waals surface area contributed by atoms with Gasteiger partial charge in [-0.05, 0) is 49.1 Å². The molecular formula is C19H21FN2O4S. The zero-order chi connectivity index (χ0) is 19.4. The zero-order valence-corrected chi connectivity index (χ0v) is 15.7. The SMILES string of the molecule is COc1ccc(S(=O)(=O)NC2CC2)cc1NC(=O)CCc1ccccc1F. The van der Waals surface area contributed by atoms with Crippen molar-refractivity contribution in [1.29, 1.82) is 0 Å². The smallest absolute Gasteiger partial charge is 0.240 e. The second-order valence-corrected chi connectivity index (χ2v) is 8.11. The molecule has 3 rings (SSSR count). The Bertz CT molecular complexity index is 942. The number of hydrogen-bond donors (Lipinski definition) is 2. The Morgan fingerprint density at radius 3 is 2.63 bits per heavy atom. The molecule has 0 spiro atoms. The minimum absolute atomic E-state index is 0.0177. The monoisotopic (exact) mass is 392 g/mol. The lowest BCUT2D eigenvalue weighted by molar-refractivity contribution is -0.116. The van der Waals surface area contributed by atoms with Gasteiger partial charge < -0.3 is 10.1 Å². The van der Waals surface area contributed by atoms with E-state index in [1.54, 1.807) is 18.2 Å². The molecule has 1 saturated carbocycles. The third-order valence-electron chi connectivity index (χ3n) is 4.23. The first-order chi connectivity index (χ1) is 12.9. The van der Waals surface area contributed by atoms with E-state index in [1.807, 2.05) is 0 Å². The Morgan fingerprint density at radius 2 is 1.96 bits per heavy atom. The van der Waals surface area contributed by atoms with Gasteiger partial charge in [0.05, 0.1) is 17.7 Å². The number of anilines is 1. The topological polar surface area (TPSA) is 84.5 Å². The molecule has 144 valence electrons. The van der Waals surface area contributed by atoms with Gasteiger partial charge >= 0.3 is 0 Å². The number of methoxy groups -OCH3 is 1. The number of rotatable bonds is 8. The Morgan fingerprint density at radius 1 is 1.22 bits per heavy atom. The summed E-state index contributed by atoms with van der Waals surface area (Å²) in [6, 6.07) is 10.5. The molecule has 0 aliphatic heterocycles. The number of nitrogens with one attached hydrogen (secondary N) is 2. The van der Waals surface area contributed by atoms with Gasteiger partial charge in [0.1, 0.15) is 11.6 Å². The van der Waals surface area contributed by atoms with Crippen LogP contribution in [0.3, 0.4) is 0 Å². The molecule has 1 aliphatic carbocycles. The van der Waals surface area contributed by atoms with Crippen molar-refractivity contribution in [3.8, 4) is 5.75 Å². The van der Waals surface area contributed by atoms with E-state index in [0.717, 1.165) is 12.8 Å². The molecule has 1 aliphatic rings. The highest BCUT2D eigenvalue weighted by atomic mass is 32.2.